The number of hydrogen-bond acceptors (Lipinski definition) is 3. The van der Waals surface area contributed by atoms with Gasteiger partial charge in [-0.3, -0.25) is 9.89 Å². The molecule has 5 nitrogen and oxygen atoms in total. The van der Waals surface area contributed by atoms with Gasteiger partial charge in [-0.1, -0.05) is 6.07 Å². The van der Waals surface area contributed by atoms with Crippen molar-refractivity contribution in [2.75, 3.05) is 11.9 Å². The molecule has 0 atom stereocenters. The molecule has 0 aliphatic rings. The van der Waals surface area contributed by atoms with Gasteiger partial charge in [0.05, 0.1) is 0 Å². The van der Waals surface area contributed by atoms with E-state index in [0.717, 1.165) is 16.8 Å². The van der Waals surface area contributed by atoms with Crippen LogP contribution in [0.25, 0.3) is 0 Å². The number of carbonyl (C=O) groups is 1. The van der Waals surface area contributed by atoms with Crippen LogP contribution >= 0.6 is 0 Å². The standard InChI is InChI=1S/C15H19N3O2/c1-9-5-6-13(7-10(9)2)20-8-14(19)16-15-11(3)12(4)17-18-15/h5-7H,8H2,1-4H3,(H2,16,17,18,19). The topological polar surface area (TPSA) is 67.0 Å². The SMILES string of the molecule is Cc1ccc(OCC(=O)Nc2n[nH]c(C)c2C)cc1C. The monoisotopic (exact) mass is 273 g/mol. The Morgan fingerprint density at radius 1 is 1.25 bits per heavy atom. The Labute approximate surface area is 118 Å². The summed E-state index contributed by atoms with van der Waals surface area (Å²) in [4.78, 5) is 11.8. The number of hydrogen-bond donors (Lipinski definition) is 2. The predicted octanol–water partition coefficient (Wildman–Crippen LogP) is 2.66. The average Bonchev–Trinajstić information content (AvgIpc) is 2.72. The second kappa shape index (κ2) is 5.77. The van der Waals surface area contributed by atoms with Gasteiger partial charge in [0.2, 0.25) is 0 Å². The van der Waals surface area contributed by atoms with Gasteiger partial charge in [-0.05, 0) is 51.0 Å². The number of nitrogens with one attached hydrogen (secondary N) is 2. The van der Waals surface area contributed by atoms with E-state index in [4.69, 9.17) is 4.74 Å². The molecule has 0 spiro atoms. The Balaban J connectivity index is 1.92. The summed E-state index contributed by atoms with van der Waals surface area (Å²) >= 11 is 0. The van der Waals surface area contributed by atoms with E-state index in [-0.39, 0.29) is 12.5 Å². The highest BCUT2D eigenvalue weighted by Crippen LogP contribution is 2.17. The van der Waals surface area contributed by atoms with Gasteiger partial charge in [0.1, 0.15) is 5.75 Å². The molecule has 1 aromatic carbocycles. The van der Waals surface area contributed by atoms with E-state index in [0.29, 0.717) is 11.6 Å². The number of benzene rings is 1. The first-order chi connectivity index (χ1) is 9.47. The summed E-state index contributed by atoms with van der Waals surface area (Å²) in [5.41, 5.74) is 4.21. The Morgan fingerprint density at radius 2 is 2.00 bits per heavy atom. The van der Waals surface area contributed by atoms with Crippen molar-refractivity contribution in [3.63, 3.8) is 0 Å². The molecule has 0 saturated heterocycles. The first kappa shape index (κ1) is 14.1. The quantitative estimate of drug-likeness (QED) is 0.900. The molecule has 106 valence electrons. The highest BCUT2D eigenvalue weighted by atomic mass is 16.5. The summed E-state index contributed by atoms with van der Waals surface area (Å²) in [6, 6.07) is 5.76. The number of amides is 1. The first-order valence-corrected chi connectivity index (χ1v) is 6.49. The summed E-state index contributed by atoms with van der Waals surface area (Å²) in [5.74, 6) is 1.02. The molecule has 0 saturated carbocycles. The van der Waals surface area contributed by atoms with Gasteiger partial charge < -0.3 is 10.1 Å². The van der Waals surface area contributed by atoms with Crippen LogP contribution in [0.1, 0.15) is 22.4 Å². The zero-order valence-corrected chi connectivity index (χ0v) is 12.2. The molecule has 0 aliphatic heterocycles. The molecule has 2 aromatic rings. The molecule has 2 N–H and O–H groups in total. The Morgan fingerprint density at radius 3 is 2.60 bits per heavy atom. The van der Waals surface area contributed by atoms with Crippen molar-refractivity contribution in [2.24, 2.45) is 0 Å². The second-order valence-corrected chi connectivity index (χ2v) is 4.91. The highest BCUT2D eigenvalue weighted by Gasteiger charge is 2.10. The van der Waals surface area contributed by atoms with Crippen LogP contribution in [0.3, 0.4) is 0 Å². The third-order valence-corrected chi connectivity index (χ3v) is 3.36. The summed E-state index contributed by atoms with van der Waals surface area (Å²) in [6.07, 6.45) is 0. The number of carbonyl (C=O) groups excluding carboxylic acids is 1. The number of aromatic nitrogens is 2. The minimum atomic E-state index is -0.224. The smallest absolute Gasteiger partial charge is 0.263 e. The average molecular weight is 273 g/mol. The van der Waals surface area contributed by atoms with Gasteiger partial charge in [-0.25, -0.2) is 0 Å². The summed E-state index contributed by atoms with van der Waals surface area (Å²) in [6.45, 7) is 7.82. The van der Waals surface area contributed by atoms with E-state index in [1.807, 2.05) is 45.9 Å². The van der Waals surface area contributed by atoms with Crippen LogP contribution in [0.2, 0.25) is 0 Å². The molecule has 1 heterocycles. The predicted molar refractivity (Wildman–Crippen MR) is 78.1 cm³/mol. The lowest BCUT2D eigenvalue weighted by Crippen LogP contribution is -2.20. The molecular formula is C15H19N3O2. The fourth-order valence-corrected chi connectivity index (χ4v) is 1.73. The van der Waals surface area contributed by atoms with Crippen LogP contribution in [0.4, 0.5) is 5.82 Å². The van der Waals surface area contributed by atoms with Crippen LogP contribution in [0, 0.1) is 27.7 Å². The van der Waals surface area contributed by atoms with Gasteiger partial charge in [-0.15, -0.1) is 0 Å². The van der Waals surface area contributed by atoms with Gasteiger partial charge >= 0.3 is 0 Å². The number of aryl methyl sites for hydroxylation is 3. The van der Waals surface area contributed by atoms with Crippen molar-refractivity contribution in [1.82, 2.24) is 10.2 Å². The van der Waals surface area contributed by atoms with E-state index in [1.54, 1.807) is 0 Å². The Kier molecular flexibility index (Phi) is 4.08. The van der Waals surface area contributed by atoms with Crippen LogP contribution in [0.5, 0.6) is 5.75 Å². The van der Waals surface area contributed by atoms with Gasteiger partial charge in [0.25, 0.3) is 5.91 Å². The molecule has 20 heavy (non-hydrogen) atoms. The van der Waals surface area contributed by atoms with Crippen LogP contribution in [-0.4, -0.2) is 22.7 Å². The second-order valence-electron chi connectivity index (χ2n) is 4.91. The van der Waals surface area contributed by atoms with Gasteiger partial charge in [-0.2, -0.15) is 5.10 Å². The number of H-pyrrole nitrogens is 1. The zero-order valence-electron chi connectivity index (χ0n) is 12.2. The van der Waals surface area contributed by atoms with E-state index >= 15 is 0 Å². The molecule has 5 heteroatoms. The maximum absolute atomic E-state index is 11.8. The van der Waals surface area contributed by atoms with Crippen molar-refractivity contribution in [3.8, 4) is 5.75 Å². The van der Waals surface area contributed by atoms with Crippen molar-refractivity contribution in [2.45, 2.75) is 27.7 Å². The largest absolute Gasteiger partial charge is 0.484 e. The third-order valence-electron chi connectivity index (χ3n) is 3.36. The molecule has 2 rings (SSSR count). The normalized spacial score (nSPS) is 10.4. The van der Waals surface area contributed by atoms with Crippen LogP contribution in [0.15, 0.2) is 18.2 Å². The molecule has 0 radical (unpaired) electrons. The van der Waals surface area contributed by atoms with Crippen molar-refractivity contribution >= 4 is 11.7 Å². The lowest BCUT2D eigenvalue weighted by Gasteiger charge is -2.08. The van der Waals surface area contributed by atoms with E-state index < -0.39 is 0 Å². The number of anilines is 1. The van der Waals surface area contributed by atoms with E-state index in [9.17, 15) is 4.79 Å². The maximum Gasteiger partial charge on any atom is 0.263 e. The number of rotatable bonds is 4. The minimum Gasteiger partial charge on any atom is -0.484 e. The van der Waals surface area contributed by atoms with Gasteiger partial charge in [0, 0.05) is 11.3 Å². The minimum absolute atomic E-state index is 0.0339. The number of ether oxygens (including phenoxy) is 1. The molecule has 0 fully saturated rings. The van der Waals surface area contributed by atoms with Gasteiger partial charge in [0.15, 0.2) is 12.4 Å². The van der Waals surface area contributed by atoms with Crippen molar-refractivity contribution in [3.05, 3.63) is 40.6 Å². The third kappa shape index (κ3) is 3.17. The molecule has 1 aromatic heterocycles. The summed E-state index contributed by atoms with van der Waals surface area (Å²) in [5, 5.41) is 9.57. The fourth-order valence-electron chi connectivity index (χ4n) is 1.73. The summed E-state index contributed by atoms with van der Waals surface area (Å²) < 4.78 is 5.47. The summed E-state index contributed by atoms with van der Waals surface area (Å²) in [7, 11) is 0. The number of aromatic amines is 1. The highest BCUT2D eigenvalue weighted by molar-refractivity contribution is 5.91. The lowest BCUT2D eigenvalue weighted by molar-refractivity contribution is -0.118. The molecular weight excluding hydrogens is 254 g/mol. The Bertz CT molecular complexity index is 632. The lowest BCUT2D eigenvalue weighted by atomic mass is 10.1. The molecule has 1 amide bonds. The fraction of sp³-hybridized carbons (Fsp3) is 0.333. The van der Waals surface area contributed by atoms with E-state index in [1.165, 1.54) is 5.56 Å². The zero-order chi connectivity index (χ0) is 14.7. The van der Waals surface area contributed by atoms with Crippen molar-refractivity contribution in [1.29, 1.82) is 0 Å². The molecule has 0 bridgehead atoms. The number of nitrogens with zero attached hydrogens (tertiary/aromatic N) is 1. The Hall–Kier alpha value is -2.30. The molecule has 0 unspecified atom stereocenters. The first-order valence-electron chi connectivity index (χ1n) is 6.49. The molecule has 0 aliphatic carbocycles. The van der Waals surface area contributed by atoms with Crippen molar-refractivity contribution < 1.29 is 9.53 Å². The van der Waals surface area contributed by atoms with Crippen LogP contribution in [-0.2, 0) is 4.79 Å². The van der Waals surface area contributed by atoms with Crippen LogP contribution < -0.4 is 10.1 Å². The van der Waals surface area contributed by atoms with E-state index in [2.05, 4.69) is 15.5 Å². The maximum atomic E-state index is 11.8.